The van der Waals surface area contributed by atoms with Crippen LogP contribution in [0.15, 0.2) is 24.3 Å². The predicted molar refractivity (Wildman–Crippen MR) is 74.9 cm³/mol. The maximum atomic E-state index is 12.0. The molecule has 0 saturated heterocycles. The maximum Gasteiger partial charge on any atom is 0.134 e. The summed E-state index contributed by atoms with van der Waals surface area (Å²) in [6.07, 6.45) is 2.53. The van der Waals surface area contributed by atoms with Crippen LogP contribution in [0.3, 0.4) is 0 Å². The summed E-state index contributed by atoms with van der Waals surface area (Å²) in [5.74, 6) is 0.909. The Morgan fingerprint density at radius 2 is 2.00 bits per heavy atom. The van der Waals surface area contributed by atoms with E-state index in [1.807, 2.05) is 0 Å². The highest BCUT2D eigenvalue weighted by Gasteiger charge is 2.27. The van der Waals surface area contributed by atoms with E-state index in [0.29, 0.717) is 18.1 Å². The number of ketones is 1. The first-order chi connectivity index (χ1) is 8.74. The molecule has 0 saturated carbocycles. The predicted octanol–water partition coefficient (Wildman–Crippen LogP) is 3.02. The molecular weight excluding hydrogens is 222 g/mol. The molecule has 0 radical (unpaired) electrons. The van der Waals surface area contributed by atoms with Gasteiger partial charge in [-0.15, -0.1) is 0 Å². The summed E-state index contributed by atoms with van der Waals surface area (Å²) in [5.41, 5.74) is 2.83. The van der Waals surface area contributed by atoms with Crippen LogP contribution in [0.4, 0.5) is 0 Å². The van der Waals surface area contributed by atoms with Crippen LogP contribution in [0.2, 0.25) is 0 Å². The average Bonchev–Trinajstić information content (AvgIpc) is 2.37. The minimum atomic E-state index is 0.418. The first-order valence-electron chi connectivity index (χ1n) is 7.06. The Balaban J connectivity index is 1.77. The normalized spacial score (nSPS) is 17.4. The van der Waals surface area contributed by atoms with E-state index in [-0.39, 0.29) is 0 Å². The van der Waals surface area contributed by atoms with Crippen LogP contribution in [0.25, 0.3) is 0 Å². The van der Waals surface area contributed by atoms with Gasteiger partial charge in [-0.25, -0.2) is 0 Å². The highest BCUT2D eigenvalue weighted by atomic mass is 16.1. The zero-order valence-corrected chi connectivity index (χ0v) is 11.5. The van der Waals surface area contributed by atoms with Gasteiger partial charge >= 0.3 is 0 Å². The summed E-state index contributed by atoms with van der Waals surface area (Å²) in [6, 6.07) is 8.50. The van der Waals surface area contributed by atoms with Gasteiger partial charge in [-0.3, -0.25) is 4.79 Å². The van der Waals surface area contributed by atoms with Crippen molar-refractivity contribution in [1.82, 2.24) is 4.90 Å². The van der Waals surface area contributed by atoms with Crippen molar-refractivity contribution in [3.8, 4) is 0 Å². The van der Waals surface area contributed by atoms with Gasteiger partial charge in [0.1, 0.15) is 5.78 Å². The van der Waals surface area contributed by atoms with Crippen molar-refractivity contribution in [1.29, 1.82) is 0 Å². The zero-order valence-electron chi connectivity index (χ0n) is 11.5. The molecule has 1 aliphatic rings. The molecule has 1 unspecified atom stereocenters. The summed E-state index contributed by atoms with van der Waals surface area (Å²) in [5, 5.41) is 0. The van der Waals surface area contributed by atoms with E-state index in [1.54, 1.807) is 0 Å². The number of hydrogen-bond acceptors (Lipinski definition) is 2. The Morgan fingerprint density at radius 1 is 1.28 bits per heavy atom. The number of fused-ring (bicyclic) bond motifs is 1. The minimum Gasteiger partial charge on any atom is -0.303 e. The Labute approximate surface area is 110 Å². The molecule has 0 aromatic heterocycles. The van der Waals surface area contributed by atoms with Gasteiger partial charge in [-0.05, 0) is 36.6 Å². The lowest BCUT2D eigenvalue weighted by Gasteiger charge is -2.29. The Kier molecular flexibility index (Phi) is 4.54. The molecule has 1 atom stereocenters. The van der Waals surface area contributed by atoms with Gasteiger partial charge in [-0.2, -0.15) is 0 Å². The number of nitrogens with zero attached hydrogens (tertiary/aromatic N) is 1. The average molecular weight is 245 g/mol. The van der Waals surface area contributed by atoms with Gasteiger partial charge in [-0.1, -0.05) is 38.1 Å². The number of carbonyl (C=O) groups excluding carboxylic acids is 1. The van der Waals surface area contributed by atoms with Crippen LogP contribution in [0.5, 0.6) is 0 Å². The Hall–Kier alpha value is -1.15. The molecular formula is C16H23NO. The SMILES string of the molecule is CCN(CC)CCC(=O)CC1Cc2ccccc21. The largest absolute Gasteiger partial charge is 0.303 e. The molecule has 0 amide bonds. The molecule has 2 nitrogen and oxygen atoms in total. The van der Waals surface area contributed by atoms with Gasteiger partial charge in [0.2, 0.25) is 0 Å². The van der Waals surface area contributed by atoms with E-state index in [4.69, 9.17) is 0 Å². The van der Waals surface area contributed by atoms with Crippen molar-refractivity contribution in [2.45, 2.75) is 39.0 Å². The number of carbonyl (C=O) groups is 1. The fourth-order valence-corrected chi connectivity index (χ4v) is 2.74. The minimum absolute atomic E-state index is 0.418. The van der Waals surface area contributed by atoms with Crippen LogP contribution < -0.4 is 0 Å². The molecule has 18 heavy (non-hydrogen) atoms. The van der Waals surface area contributed by atoms with Gasteiger partial charge in [0.15, 0.2) is 0 Å². The van der Waals surface area contributed by atoms with Crippen LogP contribution in [-0.4, -0.2) is 30.3 Å². The van der Waals surface area contributed by atoms with Crippen molar-refractivity contribution >= 4 is 5.78 Å². The highest BCUT2D eigenvalue weighted by Crippen LogP contribution is 2.37. The topological polar surface area (TPSA) is 20.3 Å². The van der Waals surface area contributed by atoms with Crippen molar-refractivity contribution < 1.29 is 4.79 Å². The Bertz CT molecular complexity index is 409. The van der Waals surface area contributed by atoms with E-state index in [2.05, 4.69) is 43.0 Å². The molecule has 0 fully saturated rings. The molecule has 1 aromatic rings. The van der Waals surface area contributed by atoms with E-state index < -0.39 is 0 Å². The monoisotopic (exact) mass is 245 g/mol. The van der Waals surface area contributed by atoms with E-state index in [0.717, 1.165) is 32.5 Å². The van der Waals surface area contributed by atoms with E-state index in [9.17, 15) is 4.79 Å². The maximum absolute atomic E-state index is 12.0. The molecule has 2 rings (SSSR count). The molecule has 0 heterocycles. The van der Waals surface area contributed by atoms with Crippen LogP contribution in [-0.2, 0) is 11.2 Å². The summed E-state index contributed by atoms with van der Waals surface area (Å²) in [6.45, 7) is 7.29. The lowest BCUT2D eigenvalue weighted by molar-refractivity contribution is -0.119. The number of Topliss-reactive ketones (excluding diaryl/α,β-unsaturated/α-hetero) is 1. The van der Waals surface area contributed by atoms with Crippen molar-refractivity contribution in [3.63, 3.8) is 0 Å². The highest BCUT2D eigenvalue weighted by molar-refractivity contribution is 5.80. The lowest BCUT2D eigenvalue weighted by atomic mass is 9.75. The second kappa shape index (κ2) is 6.14. The van der Waals surface area contributed by atoms with Gasteiger partial charge < -0.3 is 4.90 Å². The molecule has 2 heteroatoms. The standard InChI is InChI=1S/C16H23NO/c1-3-17(4-2)10-9-15(18)12-14-11-13-7-5-6-8-16(13)14/h5-8,14H,3-4,9-12H2,1-2H3. The second-order valence-electron chi connectivity index (χ2n) is 5.12. The van der Waals surface area contributed by atoms with Crippen LogP contribution in [0.1, 0.15) is 43.7 Å². The van der Waals surface area contributed by atoms with Crippen molar-refractivity contribution in [3.05, 3.63) is 35.4 Å². The third kappa shape index (κ3) is 2.99. The number of benzene rings is 1. The number of hydrogen-bond donors (Lipinski definition) is 0. The molecule has 1 aromatic carbocycles. The Morgan fingerprint density at radius 3 is 2.67 bits per heavy atom. The smallest absolute Gasteiger partial charge is 0.134 e. The summed E-state index contributed by atoms with van der Waals surface area (Å²) in [7, 11) is 0. The van der Waals surface area contributed by atoms with E-state index in [1.165, 1.54) is 11.1 Å². The third-order valence-electron chi connectivity index (χ3n) is 4.04. The van der Waals surface area contributed by atoms with E-state index >= 15 is 0 Å². The fourth-order valence-electron chi connectivity index (χ4n) is 2.74. The quantitative estimate of drug-likeness (QED) is 0.736. The first kappa shape index (κ1) is 13.3. The summed E-state index contributed by atoms with van der Waals surface area (Å²) < 4.78 is 0. The molecule has 98 valence electrons. The second-order valence-corrected chi connectivity index (χ2v) is 5.12. The van der Waals surface area contributed by atoms with Crippen LogP contribution >= 0.6 is 0 Å². The first-order valence-corrected chi connectivity index (χ1v) is 7.06. The van der Waals surface area contributed by atoms with Crippen molar-refractivity contribution in [2.24, 2.45) is 0 Å². The summed E-state index contributed by atoms with van der Waals surface area (Å²) in [4.78, 5) is 14.3. The third-order valence-corrected chi connectivity index (χ3v) is 4.04. The van der Waals surface area contributed by atoms with Gasteiger partial charge in [0.25, 0.3) is 0 Å². The molecule has 0 aliphatic heterocycles. The summed E-state index contributed by atoms with van der Waals surface area (Å²) >= 11 is 0. The van der Waals surface area contributed by atoms with Crippen LogP contribution in [0, 0.1) is 0 Å². The molecule has 0 spiro atoms. The van der Waals surface area contributed by atoms with Gasteiger partial charge in [0.05, 0.1) is 0 Å². The van der Waals surface area contributed by atoms with Gasteiger partial charge in [0, 0.05) is 19.4 Å². The van der Waals surface area contributed by atoms with Crippen molar-refractivity contribution in [2.75, 3.05) is 19.6 Å². The molecule has 0 N–H and O–H groups in total. The molecule has 0 bridgehead atoms. The zero-order chi connectivity index (χ0) is 13.0. The number of rotatable bonds is 7. The lowest BCUT2D eigenvalue weighted by Crippen LogP contribution is -2.27. The fraction of sp³-hybridized carbons (Fsp3) is 0.562. The molecule has 1 aliphatic carbocycles.